The normalized spacial score (nSPS) is 14.7. The Bertz CT molecular complexity index is 367. The molecule has 0 bridgehead atoms. The van der Waals surface area contributed by atoms with Crippen molar-refractivity contribution in [3.63, 3.8) is 0 Å². The molecule has 0 spiro atoms. The molecule has 0 radical (unpaired) electrons. The van der Waals surface area contributed by atoms with Crippen molar-refractivity contribution in [3.05, 3.63) is 32.5 Å². The summed E-state index contributed by atoms with van der Waals surface area (Å²) in [6.45, 7) is 0.550. The van der Waals surface area contributed by atoms with Gasteiger partial charge in [-0.2, -0.15) is 0 Å². The fraction of sp³-hybridized carbons (Fsp3) is 0.455. The largest absolute Gasteiger partial charge is 0.390 e. The van der Waals surface area contributed by atoms with Gasteiger partial charge in [0.2, 0.25) is 0 Å². The number of aliphatic hydroxyl groups is 2. The molecule has 0 saturated carbocycles. The van der Waals surface area contributed by atoms with E-state index >= 15 is 0 Å². The van der Waals surface area contributed by atoms with Crippen molar-refractivity contribution in [2.45, 2.75) is 18.6 Å². The fourth-order valence-corrected chi connectivity index (χ4v) is 2.89. The maximum atomic E-state index is 13.7. The summed E-state index contributed by atoms with van der Waals surface area (Å²) in [4.78, 5) is 0. The lowest BCUT2D eigenvalue weighted by atomic mass is 10.0. The van der Waals surface area contributed by atoms with Crippen LogP contribution >= 0.6 is 31.9 Å². The van der Waals surface area contributed by atoms with Gasteiger partial charge in [0.25, 0.3) is 0 Å². The molecule has 0 aliphatic rings. The van der Waals surface area contributed by atoms with Crippen molar-refractivity contribution in [2.75, 3.05) is 13.6 Å². The first kappa shape index (κ1) is 15.0. The Labute approximate surface area is 116 Å². The highest BCUT2D eigenvalue weighted by molar-refractivity contribution is 9.11. The molecule has 6 heteroatoms. The van der Waals surface area contributed by atoms with Crippen LogP contribution in [0.4, 0.5) is 4.39 Å². The second-order valence-electron chi connectivity index (χ2n) is 3.69. The molecule has 0 fully saturated rings. The summed E-state index contributed by atoms with van der Waals surface area (Å²) >= 11 is 6.33. The van der Waals surface area contributed by atoms with Gasteiger partial charge in [-0.1, -0.05) is 31.9 Å². The molecule has 2 atom stereocenters. The minimum atomic E-state index is -1.24. The summed E-state index contributed by atoms with van der Waals surface area (Å²) in [5.41, 5.74) is 0.0804. The molecule has 0 saturated heterocycles. The highest BCUT2D eigenvalue weighted by Gasteiger charge is 2.24. The number of nitrogens with one attached hydrogen (secondary N) is 1. The van der Waals surface area contributed by atoms with Gasteiger partial charge in [0.05, 0.1) is 6.10 Å². The first-order valence-electron chi connectivity index (χ1n) is 5.12. The zero-order valence-corrected chi connectivity index (χ0v) is 12.4. The molecular weight excluding hydrogens is 357 g/mol. The van der Waals surface area contributed by atoms with Gasteiger partial charge in [0.1, 0.15) is 11.9 Å². The zero-order chi connectivity index (χ0) is 13.0. The van der Waals surface area contributed by atoms with E-state index < -0.39 is 18.0 Å². The molecule has 2 unspecified atom stereocenters. The monoisotopic (exact) mass is 369 g/mol. The average Bonchev–Trinajstić information content (AvgIpc) is 2.24. The van der Waals surface area contributed by atoms with Crippen LogP contribution in [0.1, 0.15) is 18.1 Å². The van der Waals surface area contributed by atoms with Crippen LogP contribution in [0, 0.1) is 5.82 Å². The lowest BCUT2D eigenvalue weighted by Gasteiger charge is -2.20. The van der Waals surface area contributed by atoms with Gasteiger partial charge in [-0.25, -0.2) is 4.39 Å². The van der Waals surface area contributed by atoms with E-state index in [9.17, 15) is 14.6 Å². The predicted molar refractivity (Wildman–Crippen MR) is 71.3 cm³/mol. The van der Waals surface area contributed by atoms with Gasteiger partial charge in [-0.05, 0) is 32.1 Å². The van der Waals surface area contributed by atoms with Crippen LogP contribution < -0.4 is 5.32 Å². The van der Waals surface area contributed by atoms with Gasteiger partial charge < -0.3 is 15.5 Å². The van der Waals surface area contributed by atoms with Crippen LogP contribution in [0.25, 0.3) is 0 Å². The molecule has 1 rings (SSSR count). The third-order valence-electron chi connectivity index (χ3n) is 2.39. The zero-order valence-electron chi connectivity index (χ0n) is 9.25. The lowest BCUT2D eigenvalue weighted by molar-refractivity contribution is 0.0115. The van der Waals surface area contributed by atoms with Crippen LogP contribution in [-0.4, -0.2) is 29.9 Å². The third kappa shape index (κ3) is 3.99. The van der Waals surface area contributed by atoms with E-state index in [1.165, 1.54) is 6.07 Å². The van der Waals surface area contributed by atoms with E-state index in [0.29, 0.717) is 21.9 Å². The van der Waals surface area contributed by atoms with E-state index in [-0.39, 0.29) is 5.56 Å². The molecule has 0 aliphatic carbocycles. The summed E-state index contributed by atoms with van der Waals surface area (Å²) in [7, 11) is 1.75. The van der Waals surface area contributed by atoms with Crippen molar-refractivity contribution >= 4 is 31.9 Å². The van der Waals surface area contributed by atoms with E-state index in [1.807, 2.05) is 0 Å². The molecule has 17 heavy (non-hydrogen) atoms. The molecule has 0 amide bonds. The average molecular weight is 371 g/mol. The predicted octanol–water partition coefficient (Wildman–Crippen LogP) is 2.35. The van der Waals surface area contributed by atoms with E-state index in [1.54, 1.807) is 13.1 Å². The first-order valence-corrected chi connectivity index (χ1v) is 6.71. The summed E-state index contributed by atoms with van der Waals surface area (Å²) < 4.78 is 14.7. The Kier molecular flexibility index (Phi) is 6.02. The molecule has 0 aromatic heterocycles. The number of aliphatic hydroxyl groups excluding tert-OH is 2. The number of benzene rings is 1. The Hall–Kier alpha value is -0.0100. The molecule has 0 heterocycles. The van der Waals surface area contributed by atoms with Crippen LogP contribution in [-0.2, 0) is 0 Å². The smallest absolute Gasteiger partial charge is 0.131 e. The highest BCUT2D eigenvalue weighted by atomic mass is 79.9. The Morgan fingerprint density at radius 1 is 1.35 bits per heavy atom. The van der Waals surface area contributed by atoms with Crippen molar-refractivity contribution in [1.29, 1.82) is 0 Å². The van der Waals surface area contributed by atoms with E-state index in [0.717, 1.165) is 0 Å². The van der Waals surface area contributed by atoms with E-state index in [2.05, 4.69) is 37.2 Å². The second kappa shape index (κ2) is 6.80. The van der Waals surface area contributed by atoms with Gasteiger partial charge in [0.15, 0.2) is 0 Å². The first-order chi connectivity index (χ1) is 7.97. The Morgan fingerprint density at radius 3 is 2.53 bits per heavy atom. The van der Waals surface area contributed by atoms with Crippen molar-refractivity contribution in [2.24, 2.45) is 0 Å². The topological polar surface area (TPSA) is 52.5 Å². The van der Waals surface area contributed by atoms with E-state index in [4.69, 9.17) is 0 Å². The summed E-state index contributed by atoms with van der Waals surface area (Å²) in [5, 5.41) is 22.5. The maximum Gasteiger partial charge on any atom is 0.131 e. The quantitative estimate of drug-likeness (QED) is 0.745. The summed E-state index contributed by atoms with van der Waals surface area (Å²) in [6.07, 6.45) is -1.90. The maximum absolute atomic E-state index is 13.7. The Balaban J connectivity index is 2.91. The van der Waals surface area contributed by atoms with Gasteiger partial charge in [-0.3, -0.25) is 0 Å². The fourth-order valence-electron chi connectivity index (χ4n) is 1.48. The molecule has 1 aromatic rings. The number of hydrogen-bond donors (Lipinski definition) is 3. The van der Waals surface area contributed by atoms with Gasteiger partial charge in [-0.15, -0.1) is 0 Å². The van der Waals surface area contributed by atoms with Crippen LogP contribution in [0.5, 0.6) is 0 Å². The SMILES string of the molecule is CNCCC(O)C(O)c1c(F)cc(Br)cc1Br. The molecule has 1 aromatic carbocycles. The van der Waals surface area contributed by atoms with Crippen LogP contribution in [0.15, 0.2) is 21.1 Å². The minimum absolute atomic E-state index is 0.0804. The minimum Gasteiger partial charge on any atom is -0.390 e. The lowest BCUT2D eigenvalue weighted by Crippen LogP contribution is -2.24. The second-order valence-corrected chi connectivity index (χ2v) is 5.46. The molecule has 3 N–H and O–H groups in total. The van der Waals surface area contributed by atoms with Crippen LogP contribution in [0.2, 0.25) is 0 Å². The van der Waals surface area contributed by atoms with Gasteiger partial charge >= 0.3 is 0 Å². The van der Waals surface area contributed by atoms with Crippen molar-refractivity contribution in [1.82, 2.24) is 5.32 Å². The molecular formula is C11H14Br2FNO2. The summed E-state index contributed by atoms with van der Waals surface area (Å²) in [5.74, 6) is -0.553. The Morgan fingerprint density at radius 2 is 2.00 bits per heavy atom. The standard InChI is InChI=1S/C11H14Br2FNO2/c1-15-3-2-9(16)11(17)10-7(13)4-6(12)5-8(10)14/h4-5,9,11,15-17H,2-3H2,1H3. The number of rotatable bonds is 5. The number of hydrogen-bond acceptors (Lipinski definition) is 3. The molecule has 3 nitrogen and oxygen atoms in total. The highest BCUT2D eigenvalue weighted by Crippen LogP contribution is 2.32. The molecule has 96 valence electrons. The third-order valence-corrected chi connectivity index (χ3v) is 3.51. The van der Waals surface area contributed by atoms with Crippen LogP contribution in [0.3, 0.4) is 0 Å². The number of halogens is 3. The van der Waals surface area contributed by atoms with Gasteiger partial charge in [0, 0.05) is 14.5 Å². The molecule has 0 aliphatic heterocycles. The summed E-state index contributed by atoms with van der Waals surface area (Å²) in [6, 6.07) is 2.89. The van der Waals surface area contributed by atoms with Crippen molar-refractivity contribution < 1.29 is 14.6 Å². The van der Waals surface area contributed by atoms with Crippen molar-refractivity contribution in [3.8, 4) is 0 Å².